The monoisotopic (exact) mass is 262 g/mol. The van der Waals surface area contributed by atoms with Gasteiger partial charge in [0.2, 0.25) is 0 Å². The maximum absolute atomic E-state index is 11.9. The van der Waals surface area contributed by atoms with Crippen LogP contribution in [-0.2, 0) is 0 Å². The number of nitro groups is 2. The average Bonchev–Trinajstić information content (AvgIpc) is 2.90. The van der Waals surface area contributed by atoms with Crippen LogP contribution in [0.2, 0.25) is 0 Å². The van der Waals surface area contributed by atoms with Crippen molar-refractivity contribution in [1.82, 2.24) is 9.78 Å². The van der Waals surface area contributed by atoms with Crippen molar-refractivity contribution in [3.05, 3.63) is 62.5 Å². The van der Waals surface area contributed by atoms with Gasteiger partial charge in [-0.25, -0.2) is 4.68 Å². The average molecular weight is 262 g/mol. The number of aromatic nitrogens is 2. The molecule has 2 rings (SSSR count). The molecule has 0 atom stereocenters. The topological polar surface area (TPSA) is 121 Å². The van der Waals surface area contributed by atoms with E-state index in [-0.39, 0.29) is 5.56 Å². The van der Waals surface area contributed by atoms with Gasteiger partial charge in [-0.15, -0.1) is 0 Å². The predicted octanol–water partition coefficient (Wildman–Crippen LogP) is 1.39. The van der Waals surface area contributed by atoms with E-state index in [0.717, 1.165) is 22.9 Å². The first-order valence-electron chi connectivity index (χ1n) is 4.98. The van der Waals surface area contributed by atoms with Gasteiger partial charge in [0.05, 0.1) is 15.9 Å². The van der Waals surface area contributed by atoms with E-state index in [9.17, 15) is 25.0 Å². The first-order valence-corrected chi connectivity index (χ1v) is 4.98. The molecule has 96 valence electrons. The molecule has 1 heterocycles. The van der Waals surface area contributed by atoms with Gasteiger partial charge in [0.15, 0.2) is 0 Å². The fourth-order valence-electron chi connectivity index (χ4n) is 1.48. The zero-order chi connectivity index (χ0) is 14.0. The minimum atomic E-state index is -0.844. The van der Waals surface area contributed by atoms with Crippen LogP contribution in [-0.4, -0.2) is 25.5 Å². The number of rotatable bonds is 3. The molecule has 0 aliphatic heterocycles. The van der Waals surface area contributed by atoms with Gasteiger partial charge in [-0.2, -0.15) is 5.10 Å². The van der Waals surface area contributed by atoms with Crippen molar-refractivity contribution in [1.29, 1.82) is 0 Å². The Hall–Kier alpha value is -3.10. The van der Waals surface area contributed by atoms with Gasteiger partial charge in [0.25, 0.3) is 17.3 Å². The molecule has 0 amide bonds. The second-order valence-electron chi connectivity index (χ2n) is 3.47. The summed E-state index contributed by atoms with van der Waals surface area (Å²) in [5.74, 6) is -0.730. The zero-order valence-electron chi connectivity index (χ0n) is 9.29. The molecule has 0 saturated carbocycles. The summed E-state index contributed by atoms with van der Waals surface area (Å²) in [5, 5.41) is 25.1. The van der Waals surface area contributed by atoms with Gasteiger partial charge in [0, 0.05) is 18.5 Å². The predicted molar refractivity (Wildman–Crippen MR) is 61.7 cm³/mol. The molecule has 0 aliphatic carbocycles. The molecule has 0 spiro atoms. The van der Waals surface area contributed by atoms with E-state index in [2.05, 4.69) is 5.10 Å². The van der Waals surface area contributed by atoms with Crippen molar-refractivity contribution in [3.63, 3.8) is 0 Å². The van der Waals surface area contributed by atoms with Crippen molar-refractivity contribution < 1.29 is 14.6 Å². The second-order valence-corrected chi connectivity index (χ2v) is 3.47. The number of carbonyl (C=O) groups excluding carboxylic acids is 1. The van der Waals surface area contributed by atoms with E-state index in [1.54, 1.807) is 0 Å². The maximum atomic E-state index is 11.9. The number of hydrogen-bond donors (Lipinski definition) is 0. The number of nitrogens with zero attached hydrogens (tertiary/aromatic N) is 4. The number of hydrogen-bond acceptors (Lipinski definition) is 6. The Bertz CT molecular complexity index is 665. The smallest absolute Gasteiger partial charge is 0.266 e. The summed E-state index contributed by atoms with van der Waals surface area (Å²) in [4.78, 5) is 31.8. The normalized spacial score (nSPS) is 10.1. The Morgan fingerprint density at radius 2 is 1.95 bits per heavy atom. The largest absolute Gasteiger partial charge is 0.289 e. The van der Waals surface area contributed by atoms with Crippen molar-refractivity contribution in [2.75, 3.05) is 0 Å². The van der Waals surface area contributed by atoms with Crippen LogP contribution < -0.4 is 0 Å². The Morgan fingerprint density at radius 1 is 1.21 bits per heavy atom. The third kappa shape index (κ3) is 2.29. The van der Waals surface area contributed by atoms with Crippen LogP contribution in [0.3, 0.4) is 0 Å². The molecule has 9 nitrogen and oxygen atoms in total. The van der Waals surface area contributed by atoms with E-state index < -0.39 is 27.1 Å². The number of nitro benzene ring substituents is 2. The second kappa shape index (κ2) is 4.64. The molecule has 19 heavy (non-hydrogen) atoms. The Balaban J connectivity index is 2.54. The summed E-state index contributed by atoms with van der Waals surface area (Å²) >= 11 is 0. The van der Waals surface area contributed by atoms with E-state index in [1.807, 2.05) is 0 Å². The third-order valence-electron chi connectivity index (χ3n) is 2.33. The molecule has 1 aromatic carbocycles. The van der Waals surface area contributed by atoms with E-state index >= 15 is 0 Å². The quantitative estimate of drug-likeness (QED) is 0.608. The van der Waals surface area contributed by atoms with Gasteiger partial charge in [-0.1, -0.05) is 0 Å². The Morgan fingerprint density at radius 3 is 2.47 bits per heavy atom. The standard InChI is InChI=1S/C10H6N4O5/c15-10(12-5-1-4-11-12)8-3-2-7(13(16)17)6-9(8)14(18)19/h1-6H. The highest BCUT2D eigenvalue weighted by Crippen LogP contribution is 2.25. The number of non-ortho nitro benzene ring substituents is 1. The highest BCUT2D eigenvalue weighted by Gasteiger charge is 2.25. The van der Waals surface area contributed by atoms with Crippen LogP contribution in [0.5, 0.6) is 0 Å². The Kier molecular flexibility index (Phi) is 3.02. The molecule has 0 unspecified atom stereocenters. The zero-order valence-corrected chi connectivity index (χ0v) is 9.29. The van der Waals surface area contributed by atoms with Crippen LogP contribution >= 0.6 is 0 Å². The highest BCUT2D eigenvalue weighted by molar-refractivity contribution is 5.99. The van der Waals surface area contributed by atoms with Crippen molar-refractivity contribution in [2.45, 2.75) is 0 Å². The first-order chi connectivity index (χ1) is 9.00. The Labute approximate surface area is 105 Å². The molecule has 0 saturated heterocycles. The molecule has 0 fully saturated rings. The molecule has 0 aliphatic rings. The third-order valence-corrected chi connectivity index (χ3v) is 2.33. The van der Waals surface area contributed by atoms with E-state index in [1.165, 1.54) is 18.5 Å². The van der Waals surface area contributed by atoms with Crippen LogP contribution in [0.1, 0.15) is 10.4 Å². The molecule has 0 radical (unpaired) electrons. The fraction of sp³-hybridized carbons (Fsp3) is 0. The van der Waals surface area contributed by atoms with Crippen LogP contribution in [0, 0.1) is 20.2 Å². The number of carbonyl (C=O) groups is 1. The van der Waals surface area contributed by atoms with Crippen molar-refractivity contribution in [3.8, 4) is 0 Å². The minimum absolute atomic E-state index is 0.265. The summed E-state index contributed by atoms with van der Waals surface area (Å²) in [5.41, 5.74) is -1.35. The molecular formula is C10H6N4O5. The van der Waals surface area contributed by atoms with Gasteiger partial charge in [0.1, 0.15) is 5.56 Å². The molecule has 0 N–H and O–H groups in total. The lowest BCUT2D eigenvalue weighted by Crippen LogP contribution is -2.14. The van der Waals surface area contributed by atoms with E-state index in [4.69, 9.17) is 0 Å². The number of benzene rings is 1. The minimum Gasteiger partial charge on any atom is -0.266 e. The lowest BCUT2D eigenvalue weighted by Gasteiger charge is -2.02. The summed E-state index contributed by atoms with van der Waals surface area (Å²) in [6.45, 7) is 0. The van der Waals surface area contributed by atoms with Gasteiger partial charge < -0.3 is 0 Å². The summed E-state index contributed by atoms with van der Waals surface area (Å²) in [6, 6.07) is 4.30. The lowest BCUT2D eigenvalue weighted by molar-refractivity contribution is -0.394. The SMILES string of the molecule is O=C(c1ccc([N+](=O)[O-])cc1[N+](=O)[O-])n1cccn1. The fourth-order valence-corrected chi connectivity index (χ4v) is 1.48. The molecule has 9 heteroatoms. The van der Waals surface area contributed by atoms with Crippen molar-refractivity contribution in [2.24, 2.45) is 0 Å². The molecule has 0 bridgehead atoms. The maximum Gasteiger partial charge on any atom is 0.289 e. The van der Waals surface area contributed by atoms with Gasteiger partial charge >= 0.3 is 0 Å². The molecule has 1 aromatic heterocycles. The van der Waals surface area contributed by atoms with Crippen LogP contribution in [0.4, 0.5) is 11.4 Å². The van der Waals surface area contributed by atoms with Crippen LogP contribution in [0.25, 0.3) is 0 Å². The van der Waals surface area contributed by atoms with Gasteiger partial charge in [-0.05, 0) is 12.1 Å². The van der Waals surface area contributed by atoms with Crippen molar-refractivity contribution >= 4 is 17.3 Å². The van der Waals surface area contributed by atoms with E-state index in [0.29, 0.717) is 0 Å². The summed E-state index contributed by atoms with van der Waals surface area (Å²) in [6.07, 6.45) is 2.67. The first kappa shape index (κ1) is 12.4. The lowest BCUT2D eigenvalue weighted by atomic mass is 10.1. The van der Waals surface area contributed by atoms with Crippen LogP contribution in [0.15, 0.2) is 36.7 Å². The molecular weight excluding hydrogens is 256 g/mol. The molecule has 2 aromatic rings. The summed E-state index contributed by atoms with van der Waals surface area (Å²) < 4.78 is 0.911. The van der Waals surface area contributed by atoms with Gasteiger partial charge in [-0.3, -0.25) is 25.0 Å². The highest BCUT2D eigenvalue weighted by atomic mass is 16.6. The summed E-state index contributed by atoms with van der Waals surface area (Å²) in [7, 11) is 0.